The van der Waals surface area contributed by atoms with Gasteiger partial charge >= 0.3 is 6.03 Å². The number of urea groups is 1. The van der Waals surface area contributed by atoms with E-state index in [2.05, 4.69) is 10.6 Å². The standard InChI is InChI=1S/C18H27N3O4/c1-12-7-8-14(19-18(25)21(2)10-15(23)11-22)9-16(12)20-17(24)13-5-3-4-6-13/h7-9,13,15,22-23H,3-6,10-11H2,1-2H3,(H,19,25)(H,20,24). The Bertz CT molecular complexity index is 614. The molecule has 1 atom stereocenters. The Morgan fingerprint density at radius 1 is 1.28 bits per heavy atom. The van der Waals surface area contributed by atoms with Gasteiger partial charge in [0.05, 0.1) is 19.3 Å². The first-order valence-corrected chi connectivity index (χ1v) is 8.63. The van der Waals surface area contributed by atoms with Crippen molar-refractivity contribution in [1.82, 2.24) is 4.90 Å². The lowest BCUT2D eigenvalue weighted by atomic mass is 10.1. The maximum atomic E-state index is 12.3. The molecule has 0 bridgehead atoms. The Morgan fingerprint density at radius 2 is 1.96 bits per heavy atom. The highest BCUT2D eigenvalue weighted by atomic mass is 16.3. The molecule has 1 aromatic rings. The van der Waals surface area contributed by atoms with Gasteiger partial charge in [-0.2, -0.15) is 0 Å². The third-order valence-electron chi connectivity index (χ3n) is 4.51. The zero-order valence-corrected chi connectivity index (χ0v) is 14.8. The van der Waals surface area contributed by atoms with Crippen LogP contribution < -0.4 is 10.6 Å². The van der Waals surface area contributed by atoms with E-state index >= 15 is 0 Å². The van der Waals surface area contributed by atoms with Crippen LogP contribution in [0.25, 0.3) is 0 Å². The van der Waals surface area contributed by atoms with E-state index < -0.39 is 18.7 Å². The Hall–Kier alpha value is -2.12. The smallest absolute Gasteiger partial charge is 0.321 e. The summed E-state index contributed by atoms with van der Waals surface area (Å²) in [7, 11) is 1.53. The van der Waals surface area contributed by atoms with Crippen LogP contribution in [0.4, 0.5) is 16.2 Å². The number of aliphatic hydroxyl groups excluding tert-OH is 2. The summed E-state index contributed by atoms with van der Waals surface area (Å²) in [6.07, 6.45) is 3.08. The molecule has 1 unspecified atom stereocenters. The second kappa shape index (κ2) is 8.82. The highest BCUT2D eigenvalue weighted by molar-refractivity contribution is 5.95. The summed E-state index contributed by atoms with van der Waals surface area (Å²) < 4.78 is 0. The number of aliphatic hydroxyl groups is 2. The van der Waals surface area contributed by atoms with Crippen molar-refractivity contribution in [3.05, 3.63) is 23.8 Å². The normalized spacial score (nSPS) is 15.7. The Labute approximate surface area is 148 Å². The lowest BCUT2D eigenvalue weighted by molar-refractivity contribution is -0.119. The maximum Gasteiger partial charge on any atom is 0.321 e. The number of benzene rings is 1. The van der Waals surface area contributed by atoms with Crippen molar-refractivity contribution >= 4 is 23.3 Å². The largest absolute Gasteiger partial charge is 0.394 e. The van der Waals surface area contributed by atoms with E-state index in [1.807, 2.05) is 13.0 Å². The van der Waals surface area contributed by atoms with Crippen molar-refractivity contribution in [2.45, 2.75) is 38.7 Å². The van der Waals surface area contributed by atoms with Crippen molar-refractivity contribution in [1.29, 1.82) is 0 Å². The minimum atomic E-state index is -0.977. The number of nitrogens with zero attached hydrogens (tertiary/aromatic N) is 1. The van der Waals surface area contributed by atoms with Gasteiger partial charge in [0.15, 0.2) is 0 Å². The molecule has 3 amide bonds. The summed E-state index contributed by atoms with van der Waals surface area (Å²) in [5.74, 6) is 0.107. The second-order valence-corrected chi connectivity index (χ2v) is 6.65. The lowest BCUT2D eigenvalue weighted by Gasteiger charge is -2.21. The topological polar surface area (TPSA) is 102 Å². The van der Waals surface area contributed by atoms with Crippen molar-refractivity contribution in [2.24, 2.45) is 5.92 Å². The van der Waals surface area contributed by atoms with Crippen LogP contribution in [-0.4, -0.2) is 53.4 Å². The molecule has 0 spiro atoms. The molecule has 0 aromatic heterocycles. The highest BCUT2D eigenvalue weighted by Crippen LogP contribution is 2.27. The molecule has 1 aliphatic carbocycles. The van der Waals surface area contributed by atoms with E-state index in [1.165, 1.54) is 11.9 Å². The highest BCUT2D eigenvalue weighted by Gasteiger charge is 2.23. The fraction of sp³-hybridized carbons (Fsp3) is 0.556. The van der Waals surface area contributed by atoms with Crippen LogP contribution in [0.15, 0.2) is 18.2 Å². The minimum Gasteiger partial charge on any atom is -0.394 e. The number of rotatable bonds is 6. The Balaban J connectivity index is 2.00. The van der Waals surface area contributed by atoms with Crippen LogP contribution in [-0.2, 0) is 4.79 Å². The molecule has 0 radical (unpaired) electrons. The van der Waals surface area contributed by atoms with Gasteiger partial charge in [-0.3, -0.25) is 4.79 Å². The van der Waals surface area contributed by atoms with Gasteiger partial charge in [0, 0.05) is 24.3 Å². The molecule has 1 fully saturated rings. The second-order valence-electron chi connectivity index (χ2n) is 6.65. The van der Waals surface area contributed by atoms with Gasteiger partial charge < -0.3 is 25.7 Å². The molecule has 0 aliphatic heterocycles. The molecule has 7 heteroatoms. The van der Waals surface area contributed by atoms with E-state index in [0.717, 1.165) is 31.2 Å². The number of likely N-dealkylation sites (N-methyl/N-ethyl adjacent to an activating group) is 1. The van der Waals surface area contributed by atoms with E-state index in [0.29, 0.717) is 11.4 Å². The first-order chi connectivity index (χ1) is 11.9. The number of nitrogens with one attached hydrogen (secondary N) is 2. The summed E-state index contributed by atoms with van der Waals surface area (Å²) in [6, 6.07) is 4.93. The predicted octanol–water partition coefficient (Wildman–Crippen LogP) is 1.94. The van der Waals surface area contributed by atoms with E-state index in [4.69, 9.17) is 5.11 Å². The van der Waals surface area contributed by atoms with Gasteiger partial charge in [0.2, 0.25) is 5.91 Å². The van der Waals surface area contributed by atoms with E-state index in [9.17, 15) is 14.7 Å². The third-order valence-corrected chi connectivity index (χ3v) is 4.51. The van der Waals surface area contributed by atoms with Crippen molar-refractivity contribution < 1.29 is 19.8 Å². The van der Waals surface area contributed by atoms with Gasteiger partial charge in [-0.25, -0.2) is 4.79 Å². The molecule has 25 heavy (non-hydrogen) atoms. The molecule has 4 N–H and O–H groups in total. The molecule has 0 heterocycles. The van der Waals surface area contributed by atoms with Crippen molar-refractivity contribution in [3.63, 3.8) is 0 Å². The van der Waals surface area contributed by atoms with Gasteiger partial charge in [0.1, 0.15) is 0 Å². The van der Waals surface area contributed by atoms with Crippen LogP contribution in [0.5, 0.6) is 0 Å². The zero-order chi connectivity index (χ0) is 18.4. The fourth-order valence-electron chi connectivity index (χ4n) is 2.93. The number of carbonyl (C=O) groups is 2. The quantitative estimate of drug-likeness (QED) is 0.630. The van der Waals surface area contributed by atoms with Crippen molar-refractivity contribution in [3.8, 4) is 0 Å². The predicted molar refractivity (Wildman–Crippen MR) is 96.5 cm³/mol. The summed E-state index contributed by atoms with van der Waals surface area (Å²) in [4.78, 5) is 25.7. The van der Waals surface area contributed by atoms with Gasteiger partial charge in [-0.1, -0.05) is 18.9 Å². The molecular weight excluding hydrogens is 322 g/mol. The first-order valence-electron chi connectivity index (χ1n) is 8.63. The molecule has 7 nitrogen and oxygen atoms in total. The SMILES string of the molecule is Cc1ccc(NC(=O)N(C)CC(O)CO)cc1NC(=O)C1CCCC1. The summed E-state index contributed by atoms with van der Waals surface area (Å²) in [6.45, 7) is 1.53. The van der Waals surface area contributed by atoms with Gasteiger partial charge in [-0.05, 0) is 37.5 Å². The molecule has 1 aliphatic rings. The number of hydrogen-bond acceptors (Lipinski definition) is 4. The molecule has 138 valence electrons. The Kier molecular flexibility index (Phi) is 6.78. The number of hydrogen-bond donors (Lipinski definition) is 4. The number of aryl methyl sites for hydroxylation is 1. The minimum absolute atomic E-state index is 0.0272. The van der Waals surface area contributed by atoms with Crippen LogP contribution >= 0.6 is 0 Å². The number of carbonyl (C=O) groups excluding carboxylic acids is 2. The summed E-state index contributed by atoms with van der Waals surface area (Å²) in [5.41, 5.74) is 2.17. The zero-order valence-electron chi connectivity index (χ0n) is 14.8. The van der Waals surface area contributed by atoms with E-state index in [-0.39, 0.29) is 18.4 Å². The number of anilines is 2. The molecule has 1 saturated carbocycles. The van der Waals surface area contributed by atoms with Crippen LogP contribution in [0.1, 0.15) is 31.2 Å². The van der Waals surface area contributed by atoms with Crippen LogP contribution in [0.2, 0.25) is 0 Å². The molecule has 0 saturated heterocycles. The molecule has 2 rings (SSSR count). The van der Waals surface area contributed by atoms with Crippen molar-refractivity contribution in [2.75, 3.05) is 30.8 Å². The summed E-state index contributed by atoms with van der Waals surface area (Å²) in [5, 5.41) is 23.9. The summed E-state index contributed by atoms with van der Waals surface area (Å²) >= 11 is 0. The number of amides is 3. The lowest BCUT2D eigenvalue weighted by Crippen LogP contribution is -2.38. The third kappa shape index (κ3) is 5.44. The van der Waals surface area contributed by atoms with Crippen LogP contribution in [0.3, 0.4) is 0 Å². The van der Waals surface area contributed by atoms with Gasteiger partial charge in [-0.15, -0.1) is 0 Å². The maximum absolute atomic E-state index is 12.3. The first kappa shape index (κ1) is 19.2. The monoisotopic (exact) mass is 349 g/mol. The van der Waals surface area contributed by atoms with Crippen LogP contribution in [0, 0.1) is 12.8 Å². The van der Waals surface area contributed by atoms with Gasteiger partial charge in [0.25, 0.3) is 0 Å². The average Bonchev–Trinajstić information content (AvgIpc) is 3.12. The fourth-order valence-corrected chi connectivity index (χ4v) is 2.93. The molecular formula is C18H27N3O4. The average molecular weight is 349 g/mol. The van der Waals surface area contributed by atoms with E-state index in [1.54, 1.807) is 12.1 Å². The molecule has 1 aromatic carbocycles. The Morgan fingerprint density at radius 3 is 2.60 bits per heavy atom.